The molecular formula is C16H18BrNO. The lowest BCUT2D eigenvalue weighted by atomic mass is 10.1. The number of halogens is 1. The second kappa shape index (κ2) is 6.22. The number of benzene rings is 2. The van der Waals surface area contributed by atoms with Gasteiger partial charge in [0.05, 0.1) is 0 Å². The molecule has 0 spiro atoms. The van der Waals surface area contributed by atoms with Crippen LogP contribution in [0.15, 0.2) is 53.0 Å². The molecule has 0 aliphatic rings. The molecule has 0 saturated carbocycles. The zero-order chi connectivity index (χ0) is 13.8. The van der Waals surface area contributed by atoms with Gasteiger partial charge in [-0.25, -0.2) is 0 Å². The first-order valence-corrected chi connectivity index (χ1v) is 7.14. The van der Waals surface area contributed by atoms with Crippen LogP contribution in [0.5, 0.6) is 5.75 Å². The van der Waals surface area contributed by atoms with Gasteiger partial charge in [-0.15, -0.1) is 0 Å². The molecule has 2 atom stereocenters. The van der Waals surface area contributed by atoms with Crippen LogP contribution in [0.4, 0.5) is 0 Å². The van der Waals surface area contributed by atoms with E-state index < -0.39 is 0 Å². The SMILES string of the molecule is CC(N)c1ccc(OC(C)c2ccccc2)cc1Br. The molecular weight excluding hydrogens is 302 g/mol. The molecule has 19 heavy (non-hydrogen) atoms. The van der Waals surface area contributed by atoms with E-state index in [0.29, 0.717) is 0 Å². The molecule has 100 valence electrons. The minimum atomic E-state index is 0.00923. The van der Waals surface area contributed by atoms with Gasteiger partial charge in [-0.2, -0.15) is 0 Å². The third-order valence-electron chi connectivity index (χ3n) is 3.04. The molecule has 2 N–H and O–H groups in total. The second-order valence-corrected chi connectivity index (χ2v) is 5.50. The van der Waals surface area contributed by atoms with Gasteiger partial charge in [-0.3, -0.25) is 0 Å². The van der Waals surface area contributed by atoms with Crippen molar-refractivity contribution >= 4 is 15.9 Å². The van der Waals surface area contributed by atoms with Crippen molar-refractivity contribution in [2.24, 2.45) is 5.73 Å². The van der Waals surface area contributed by atoms with Crippen molar-refractivity contribution in [2.75, 3.05) is 0 Å². The molecule has 3 heteroatoms. The summed E-state index contributed by atoms with van der Waals surface area (Å²) >= 11 is 3.53. The van der Waals surface area contributed by atoms with Gasteiger partial charge >= 0.3 is 0 Å². The van der Waals surface area contributed by atoms with Crippen molar-refractivity contribution in [1.29, 1.82) is 0 Å². The summed E-state index contributed by atoms with van der Waals surface area (Å²) in [5, 5.41) is 0. The van der Waals surface area contributed by atoms with Crippen LogP contribution >= 0.6 is 15.9 Å². The minimum absolute atomic E-state index is 0.00923. The van der Waals surface area contributed by atoms with E-state index in [1.54, 1.807) is 0 Å². The second-order valence-electron chi connectivity index (χ2n) is 4.64. The molecule has 0 aromatic heterocycles. The normalized spacial score (nSPS) is 13.9. The van der Waals surface area contributed by atoms with Gasteiger partial charge in [0.15, 0.2) is 0 Å². The molecule has 2 aromatic rings. The Labute approximate surface area is 122 Å². The van der Waals surface area contributed by atoms with Crippen LogP contribution in [-0.4, -0.2) is 0 Å². The molecule has 0 fully saturated rings. The van der Waals surface area contributed by atoms with Gasteiger partial charge < -0.3 is 10.5 Å². The maximum atomic E-state index is 5.95. The molecule has 0 aliphatic heterocycles. The van der Waals surface area contributed by atoms with Crippen molar-refractivity contribution in [3.8, 4) is 5.75 Å². The first-order chi connectivity index (χ1) is 9.08. The van der Waals surface area contributed by atoms with Gasteiger partial charge in [0, 0.05) is 10.5 Å². The Balaban J connectivity index is 2.14. The highest BCUT2D eigenvalue weighted by Gasteiger charge is 2.09. The van der Waals surface area contributed by atoms with E-state index in [4.69, 9.17) is 10.5 Å². The van der Waals surface area contributed by atoms with E-state index in [1.807, 2.05) is 50.2 Å². The summed E-state index contributed by atoms with van der Waals surface area (Å²) in [5.74, 6) is 0.840. The van der Waals surface area contributed by atoms with Crippen LogP contribution < -0.4 is 10.5 Å². The van der Waals surface area contributed by atoms with Crippen LogP contribution in [-0.2, 0) is 0 Å². The number of hydrogen-bond donors (Lipinski definition) is 1. The highest BCUT2D eigenvalue weighted by molar-refractivity contribution is 9.10. The summed E-state index contributed by atoms with van der Waals surface area (Å²) in [6.07, 6.45) is 0.0225. The van der Waals surface area contributed by atoms with Crippen molar-refractivity contribution < 1.29 is 4.74 Å². The molecule has 0 saturated heterocycles. The van der Waals surface area contributed by atoms with Crippen LogP contribution in [0.1, 0.15) is 37.1 Å². The van der Waals surface area contributed by atoms with E-state index in [9.17, 15) is 0 Å². The van der Waals surface area contributed by atoms with Crippen molar-refractivity contribution in [1.82, 2.24) is 0 Å². The fourth-order valence-electron chi connectivity index (χ4n) is 1.95. The molecule has 2 nitrogen and oxygen atoms in total. The number of ether oxygens (including phenoxy) is 1. The molecule has 0 amide bonds. The lowest BCUT2D eigenvalue weighted by molar-refractivity contribution is 0.226. The Bertz CT molecular complexity index is 540. The van der Waals surface area contributed by atoms with E-state index in [0.717, 1.165) is 21.3 Å². The Morgan fingerprint density at radius 1 is 1.05 bits per heavy atom. The molecule has 0 heterocycles. The first kappa shape index (κ1) is 14.1. The van der Waals surface area contributed by atoms with Crippen LogP contribution in [0.2, 0.25) is 0 Å². The largest absolute Gasteiger partial charge is 0.486 e. The fraction of sp³-hybridized carbons (Fsp3) is 0.250. The highest BCUT2D eigenvalue weighted by atomic mass is 79.9. The summed E-state index contributed by atoms with van der Waals surface area (Å²) in [7, 11) is 0. The summed E-state index contributed by atoms with van der Waals surface area (Å²) in [6, 6.07) is 16.1. The predicted molar refractivity (Wildman–Crippen MR) is 82.2 cm³/mol. The van der Waals surface area contributed by atoms with E-state index in [1.165, 1.54) is 0 Å². The molecule has 2 rings (SSSR count). The number of rotatable bonds is 4. The zero-order valence-electron chi connectivity index (χ0n) is 11.1. The zero-order valence-corrected chi connectivity index (χ0v) is 12.7. The Morgan fingerprint density at radius 3 is 2.32 bits per heavy atom. The van der Waals surface area contributed by atoms with Crippen molar-refractivity contribution in [2.45, 2.75) is 26.0 Å². The smallest absolute Gasteiger partial charge is 0.121 e. The average molecular weight is 320 g/mol. The third-order valence-corrected chi connectivity index (χ3v) is 3.73. The lowest BCUT2D eigenvalue weighted by Gasteiger charge is -2.16. The van der Waals surface area contributed by atoms with E-state index in [2.05, 4.69) is 28.1 Å². The Hall–Kier alpha value is -1.32. The standard InChI is InChI=1S/C16H18BrNO/c1-11(18)15-9-8-14(10-16(15)17)19-12(2)13-6-4-3-5-7-13/h3-12H,18H2,1-2H3. The summed E-state index contributed by atoms with van der Waals surface area (Å²) in [5.41, 5.74) is 8.13. The van der Waals surface area contributed by atoms with Crippen LogP contribution in [0, 0.1) is 0 Å². The molecule has 0 aliphatic carbocycles. The predicted octanol–water partition coefficient (Wildman–Crippen LogP) is 4.61. The maximum Gasteiger partial charge on any atom is 0.121 e. The Kier molecular flexibility index (Phi) is 4.61. The summed E-state index contributed by atoms with van der Waals surface area (Å²) in [4.78, 5) is 0. The van der Waals surface area contributed by atoms with Crippen LogP contribution in [0.25, 0.3) is 0 Å². The Morgan fingerprint density at radius 2 is 1.74 bits per heavy atom. The highest BCUT2D eigenvalue weighted by Crippen LogP contribution is 2.29. The molecule has 0 bridgehead atoms. The summed E-state index contributed by atoms with van der Waals surface area (Å²) in [6.45, 7) is 4.01. The van der Waals surface area contributed by atoms with E-state index in [-0.39, 0.29) is 12.1 Å². The van der Waals surface area contributed by atoms with Gasteiger partial charge in [0.25, 0.3) is 0 Å². The van der Waals surface area contributed by atoms with Crippen molar-refractivity contribution in [3.05, 3.63) is 64.1 Å². The molecule has 0 radical (unpaired) electrons. The van der Waals surface area contributed by atoms with Crippen molar-refractivity contribution in [3.63, 3.8) is 0 Å². The number of hydrogen-bond acceptors (Lipinski definition) is 2. The van der Waals surface area contributed by atoms with Gasteiger partial charge in [0.2, 0.25) is 0 Å². The molecule has 2 unspecified atom stereocenters. The van der Waals surface area contributed by atoms with Gasteiger partial charge in [-0.1, -0.05) is 52.3 Å². The topological polar surface area (TPSA) is 35.2 Å². The summed E-state index contributed by atoms with van der Waals surface area (Å²) < 4.78 is 6.93. The molecule has 2 aromatic carbocycles. The number of nitrogens with two attached hydrogens (primary N) is 1. The first-order valence-electron chi connectivity index (χ1n) is 6.34. The van der Waals surface area contributed by atoms with E-state index >= 15 is 0 Å². The van der Waals surface area contributed by atoms with Crippen LogP contribution in [0.3, 0.4) is 0 Å². The third kappa shape index (κ3) is 3.58. The monoisotopic (exact) mass is 319 g/mol. The quantitative estimate of drug-likeness (QED) is 0.893. The lowest BCUT2D eigenvalue weighted by Crippen LogP contribution is -2.07. The maximum absolute atomic E-state index is 5.95. The van der Waals surface area contributed by atoms with Gasteiger partial charge in [-0.05, 0) is 37.1 Å². The fourth-order valence-corrected chi connectivity index (χ4v) is 2.67. The van der Waals surface area contributed by atoms with Gasteiger partial charge in [0.1, 0.15) is 11.9 Å². The average Bonchev–Trinajstić information content (AvgIpc) is 2.39. The minimum Gasteiger partial charge on any atom is -0.486 e.